The second kappa shape index (κ2) is 7.77. The molecule has 0 spiro atoms. The molecule has 1 N–H and O–H groups in total. The van der Waals surface area contributed by atoms with E-state index in [4.69, 9.17) is 4.74 Å². The highest BCUT2D eigenvalue weighted by Crippen LogP contribution is 2.31. The number of thioether (sulfide) groups is 1. The van der Waals surface area contributed by atoms with Gasteiger partial charge in [0, 0.05) is 25.9 Å². The third kappa shape index (κ3) is 3.89. The topological polar surface area (TPSA) is 72.3 Å². The highest BCUT2D eigenvalue weighted by Gasteiger charge is 2.28. The molecular weight excluding hydrogens is 338 g/mol. The molecule has 134 valence electrons. The lowest BCUT2D eigenvalue weighted by molar-refractivity contribution is -0.127. The van der Waals surface area contributed by atoms with E-state index in [-0.39, 0.29) is 5.91 Å². The van der Waals surface area contributed by atoms with Crippen LogP contribution in [-0.2, 0) is 11.3 Å². The number of hydrogen-bond donors (Lipinski definition) is 1. The number of rotatable bonds is 6. The number of anilines is 1. The van der Waals surface area contributed by atoms with E-state index in [0.717, 1.165) is 34.7 Å². The molecule has 0 saturated heterocycles. The summed E-state index contributed by atoms with van der Waals surface area (Å²) >= 11 is 1.59. The van der Waals surface area contributed by atoms with Gasteiger partial charge < -0.3 is 19.5 Å². The minimum absolute atomic E-state index is 0.0879. The molecule has 1 aromatic heterocycles. The van der Waals surface area contributed by atoms with Crippen molar-refractivity contribution in [3.63, 3.8) is 0 Å². The normalized spacial score (nSPS) is 16.3. The van der Waals surface area contributed by atoms with Gasteiger partial charge in [-0.1, -0.05) is 23.9 Å². The molecular formula is C17H23N5O2S. The molecule has 1 aliphatic heterocycles. The second-order valence-electron chi connectivity index (χ2n) is 5.87. The molecule has 0 aliphatic carbocycles. The maximum absolute atomic E-state index is 12.4. The van der Waals surface area contributed by atoms with Crippen molar-refractivity contribution in [1.82, 2.24) is 20.1 Å². The van der Waals surface area contributed by atoms with Crippen LogP contribution < -0.4 is 15.0 Å². The van der Waals surface area contributed by atoms with Crippen molar-refractivity contribution in [3.05, 3.63) is 30.1 Å². The van der Waals surface area contributed by atoms with Gasteiger partial charge in [-0.2, -0.15) is 0 Å². The van der Waals surface area contributed by atoms with Crippen molar-refractivity contribution in [2.75, 3.05) is 30.8 Å². The summed E-state index contributed by atoms with van der Waals surface area (Å²) in [5.74, 6) is 2.31. The van der Waals surface area contributed by atoms with Crippen LogP contribution in [0.2, 0.25) is 0 Å². The summed E-state index contributed by atoms with van der Waals surface area (Å²) < 4.78 is 7.89. The molecule has 1 amide bonds. The zero-order chi connectivity index (χ0) is 17.8. The lowest BCUT2D eigenvalue weighted by atomic mass is 10.2. The molecule has 7 nitrogen and oxygen atoms in total. The zero-order valence-electron chi connectivity index (χ0n) is 14.7. The Bertz CT molecular complexity index is 748. The van der Waals surface area contributed by atoms with Crippen molar-refractivity contribution in [2.24, 2.45) is 0 Å². The number of fused-ring (bicyclic) bond motifs is 1. The number of likely N-dealkylation sites (N-methyl/N-ethyl adjacent to an activating group) is 1. The van der Waals surface area contributed by atoms with E-state index in [1.54, 1.807) is 11.8 Å². The van der Waals surface area contributed by atoms with Gasteiger partial charge in [-0.3, -0.25) is 4.79 Å². The third-order valence-electron chi connectivity index (χ3n) is 4.13. The maximum Gasteiger partial charge on any atom is 0.262 e. The van der Waals surface area contributed by atoms with Crippen LogP contribution in [0.4, 0.5) is 5.69 Å². The summed E-state index contributed by atoms with van der Waals surface area (Å²) in [5.41, 5.74) is 1.01. The van der Waals surface area contributed by atoms with Crippen LogP contribution in [0.25, 0.3) is 0 Å². The number of ether oxygens (including phenoxy) is 1. The van der Waals surface area contributed by atoms with Crippen LogP contribution in [0.5, 0.6) is 5.75 Å². The first kappa shape index (κ1) is 17.6. The number of nitrogens with zero attached hydrogens (tertiary/aromatic N) is 4. The van der Waals surface area contributed by atoms with Gasteiger partial charge >= 0.3 is 0 Å². The van der Waals surface area contributed by atoms with E-state index >= 15 is 0 Å². The van der Waals surface area contributed by atoms with E-state index in [9.17, 15) is 4.79 Å². The number of benzene rings is 1. The fourth-order valence-corrected chi connectivity index (χ4v) is 3.71. The highest BCUT2D eigenvalue weighted by atomic mass is 32.2. The first-order valence-electron chi connectivity index (χ1n) is 8.37. The Morgan fingerprint density at radius 2 is 2.20 bits per heavy atom. The fourth-order valence-electron chi connectivity index (χ4n) is 2.81. The zero-order valence-corrected chi connectivity index (χ0v) is 15.5. The summed E-state index contributed by atoms with van der Waals surface area (Å²) in [6, 6.07) is 7.76. The Balaban J connectivity index is 1.49. The predicted octanol–water partition coefficient (Wildman–Crippen LogP) is 1.71. The van der Waals surface area contributed by atoms with Gasteiger partial charge in [0.2, 0.25) is 0 Å². The maximum atomic E-state index is 12.4. The van der Waals surface area contributed by atoms with Gasteiger partial charge in [0.25, 0.3) is 5.91 Å². The highest BCUT2D eigenvalue weighted by molar-refractivity contribution is 7.99. The number of hydrogen-bond acceptors (Lipinski definition) is 6. The fraction of sp³-hybridized carbons (Fsp3) is 0.471. The minimum Gasteiger partial charge on any atom is -0.477 e. The summed E-state index contributed by atoms with van der Waals surface area (Å²) in [5, 5.41) is 12.1. The standard InChI is InChI=1S/C17H23N5O2S/c1-4-22-12(2)19-20-17(22)25-10-9-18-16(23)15-11-21(3)13-7-5-6-8-14(13)24-15/h5-8,15H,4,9-11H2,1-3H3,(H,18,23). The first-order valence-corrected chi connectivity index (χ1v) is 9.35. The Morgan fingerprint density at radius 1 is 1.40 bits per heavy atom. The van der Waals surface area contributed by atoms with Crippen LogP contribution in [0.3, 0.4) is 0 Å². The van der Waals surface area contributed by atoms with Gasteiger partial charge in [0.1, 0.15) is 11.6 Å². The van der Waals surface area contributed by atoms with Gasteiger partial charge in [-0.05, 0) is 26.0 Å². The Kier molecular flexibility index (Phi) is 5.47. The van der Waals surface area contributed by atoms with E-state index in [2.05, 4.69) is 27.0 Å². The van der Waals surface area contributed by atoms with Crippen molar-refractivity contribution in [3.8, 4) is 5.75 Å². The Hall–Kier alpha value is -2.22. The SMILES string of the molecule is CCn1c(C)nnc1SCCNC(=O)C1CN(C)c2ccccc2O1. The van der Waals surface area contributed by atoms with Crippen molar-refractivity contribution < 1.29 is 9.53 Å². The third-order valence-corrected chi connectivity index (χ3v) is 5.10. The molecule has 0 radical (unpaired) electrons. The van der Waals surface area contributed by atoms with E-state index in [1.807, 2.05) is 43.1 Å². The van der Waals surface area contributed by atoms with Crippen LogP contribution in [0.1, 0.15) is 12.7 Å². The molecule has 2 heterocycles. The number of carbonyl (C=O) groups excluding carboxylic acids is 1. The van der Waals surface area contributed by atoms with Crippen LogP contribution in [-0.4, -0.2) is 52.7 Å². The molecule has 1 unspecified atom stereocenters. The quantitative estimate of drug-likeness (QED) is 0.624. The molecule has 1 aliphatic rings. The molecule has 3 rings (SSSR count). The molecule has 0 fully saturated rings. The van der Waals surface area contributed by atoms with Crippen molar-refractivity contribution in [2.45, 2.75) is 31.7 Å². The number of para-hydroxylation sites is 2. The van der Waals surface area contributed by atoms with Gasteiger partial charge in [-0.15, -0.1) is 10.2 Å². The Labute approximate surface area is 151 Å². The molecule has 0 bridgehead atoms. The largest absolute Gasteiger partial charge is 0.477 e. The number of amides is 1. The number of aryl methyl sites for hydroxylation is 1. The molecule has 8 heteroatoms. The van der Waals surface area contributed by atoms with E-state index in [1.165, 1.54) is 0 Å². The number of carbonyl (C=O) groups is 1. The monoisotopic (exact) mass is 361 g/mol. The van der Waals surface area contributed by atoms with Crippen LogP contribution >= 0.6 is 11.8 Å². The van der Waals surface area contributed by atoms with E-state index < -0.39 is 6.10 Å². The summed E-state index contributed by atoms with van der Waals surface area (Å²) in [7, 11) is 1.97. The van der Waals surface area contributed by atoms with Crippen molar-refractivity contribution >= 4 is 23.4 Å². The van der Waals surface area contributed by atoms with Gasteiger partial charge in [0.05, 0.1) is 12.2 Å². The average molecular weight is 361 g/mol. The second-order valence-corrected chi connectivity index (χ2v) is 6.93. The smallest absolute Gasteiger partial charge is 0.262 e. The number of nitrogens with one attached hydrogen (secondary N) is 1. The lowest BCUT2D eigenvalue weighted by Crippen LogP contribution is -2.48. The molecule has 2 aromatic rings. The van der Waals surface area contributed by atoms with Crippen molar-refractivity contribution in [1.29, 1.82) is 0 Å². The van der Waals surface area contributed by atoms with Crippen LogP contribution in [0.15, 0.2) is 29.4 Å². The Morgan fingerprint density at radius 3 is 3.00 bits per heavy atom. The summed E-state index contributed by atoms with van der Waals surface area (Å²) in [4.78, 5) is 14.4. The molecule has 0 saturated carbocycles. The minimum atomic E-state index is -0.494. The first-order chi connectivity index (χ1) is 12.1. The molecule has 1 aromatic carbocycles. The predicted molar refractivity (Wildman–Crippen MR) is 98.3 cm³/mol. The lowest BCUT2D eigenvalue weighted by Gasteiger charge is -2.32. The summed E-state index contributed by atoms with van der Waals surface area (Å²) in [6.07, 6.45) is -0.494. The van der Waals surface area contributed by atoms with Crippen LogP contribution in [0, 0.1) is 6.92 Å². The van der Waals surface area contributed by atoms with Gasteiger partial charge in [-0.25, -0.2) is 0 Å². The summed E-state index contributed by atoms with van der Waals surface area (Å²) in [6.45, 7) is 5.95. The average Bonchev–Trinajstić information content (AvgIpc) is 2.98. The molecule has 25 heavy (non-hydrogen) atoms. The van der Waals surface area contributed by atoms with Gasteiger partial charge in [0.15, 0.2) is 11.3 Å². The molecule has 1 atom stereocenters. The van der Waals surface area contributed by atoms with E-state index in [0.29, 0.717) is 13.1 Å². The number of aromatic nitrogens is 3.